The summed E-state index contributed by atoms with van der Waals surface area (Å²) in [5.41, 5.74) is 2.94. The summed E-state index contributed by atoms with van der Waals surface area (Å²) in [6, 6.07) is 10.8. The van der Waals surface area contributed by atoms with E-state index in [1.54, 1.807) is 16.8 Å². The summed E-state index contributed by atoms with van der Waals surface area (Å²) in [7, 11) is 0. The second-order valence-electron chi connectivity index (χ2n) is 7.34. The maximum atomic E-state index is 4.72. The van der Waals surface area contributed by atoms with Gasteiger partial charge in [-0.3, -0.25) is 4.90 Å². The Morgan fingerprint density at radius 3 is 2.43 bits per heavy atom. The largest absolute Gasteiger partial charge is 0.353 e. The second kappa shape index (κ2) is 9.40. The summed E-state index contributed by atoms with van der Waals surface area (Å²) >= 11 is 1.89. The van der Waals surface area contributed by atoms with E-state index in [2.05, 4.69) is 45.1 Å². The van der Waals surface area contributed by atoms with Crippen LogP contribution >= 0.6 is 36.2 Å². The number of benzene rings is 1. The number of piperazine rings is 1. The van der Waals surface area contributed by atoms with Crippen molar-refractivity contribution in [2.45, 2.75) is 32.2 Å². The molecular formula is C21H26Cl2N4S. The molecule has 4 nitrogen and oxygen atoms in total. The number of nitrogens with zero attached hydrogens (tertiary/aromatic N) is 4. The van der Waals surface area contributed by atoms with E-state index in [0.29, 0.717) is 0 Å². The van der Waals surface area contributed by atoms with E-state index in [1.807, 2.05) is 11.3 Å². The third-order valence-corrected chi connectivity index (χ3v) is 6.85. The standard InChI is InChI=1S/C21H24N4S.2ClH/c1-2-6-16(7-3-1)14-24-10-12-25(13-11-24)20-19-17-8-4-5-9-18(17)26-21(19)23-15-22-20;;/h1-3,6-7,15H,4-5,8-14H2;2*1H. The van der Waals surface area contributed by atoms with E-state index in [-0.39, 0.29) is 24.8 Å². The van der Waals surface area contributed by atoms with Crippen LogP contribution in [0, 0.1) is 0 Å². The van der Waals surface area contributed by atoms with E-state index in [9.17, 15) is 0 Å². The molecule has 0 radical (unpaired) electrons. The van der Waals surface area contributed by atoms with Crippen molar-refractivity contribution in [3.8, 4) is 0 Å². The minimum absolute atomic E-state index is 0. The van der Waals surface area contributed by atoms with Crippen molar-refractivity contribution in [3.63, 3.8) is 0 Å². The van der Waals surface area contributed by atoms with Crippen LogP contribution in [0.5, 0.6) is 0 Å². The first-order chi connectivity index (χ1) is 12.9. The Morgan fingerprint density at radius 1 is 0.893 bits per heavy atom. The highest BCUT2D eigenvalue weighted by molar-refractivity contribution is 7.19. The van der Waals surface area contributed by atoms with Gasteiger partial charge in [-0.05, 0) is 36.8 Å². The monoisotopic (exact) mass is 436 g/mol. The third-order valence-electron chi connectivity index (χ3n) is 5.65. The van der Waals surface area contributed by atoms with Gasteiger partial charge in [0.25, 0.3) is 0 Å². The number of rotatable bonds is 3. The molecule has 1 aliphatic heterocycles. The molecular weight excluding hydrogens is 411 g/mol. The van der Waals surface area contributed by atoms with Gasteiger partial charge < -0.3 is 4.90 Å². The highest BCUT2D eigenvalue weighted by atomic mass is 35.5. The van der Waals surface area contributed by atoms with Crippen LogP contribution in [0.15, 0.2) is 36.7 Å². The van der Waals surface area contributed by atoms with Crippen molar-refractivity contribution in [1.29, 1.82) is 0 Å². The van der Waals surface area contributed by atoms with Crippen LogP contribution in [0.2, 0.25) is 0 Å². The Hall–Kier alpha value is -1.40. The van der Waals surface area contributed by atoms with E-state index in [1.165, 1.54) is 47.3 Å². The van der Waals surface area contributed by atoms with Gasteiger partial charge in [-0.1, -0.05) is 30.3 Å². The predicted molar refractivity (Wildman–Crippen MR) is 122 cm³/mol. The van der Waals surface area contributed by atoms with E-state index in [0.717, 1.165) is 32.7 Å². The molecule has 0 saturated carbocycles. The zero-order valence-corrected chi connectivity index (χ0v) is 18.3. The first-order valence-electron chi connectivity index (χ1n) is 9.65. The smallest absolute Gasteiger partial charge is 0.141 e. The SMILES string of the molecule is Cl.Cl.c1ccc(CN2CCN(c3ncnc4sc5c(c34)CCCC5)CC2)cc1. The Kier molecular flexibility index (Phi) is 7.15. The molecule has 0 N–H and O–H groups in total. The lowest BCUT2D eigenvalue weighted by Crippen LogP contribution is -2.46. The van der Waals surface area contributed by atoms with Crippen LogP contribution in [0.4, 0.5) is 5.82 Å². The van der Waals surface area contributed by atoms with E-state index >= 15 is 0 Å². The topological polar surface area (TPSA) is 32.3 Å². The number of aromatic nitrogens is 2. The molecule has 150 valence electrons. The number of thiophene rings is 1. The second-order valence-corrected chi connectivity index (χ2v) is 8.42. The molecule has 3 aromatic rings. The van der Waals surface area contributed by atoms with Gasteiger partial charge in [0.2, 0.25) is 0 Å². The number of aryl methyl sites for hydroxylation is 2. The summed E-state index contributed by atoms with van der Waals surface area (Å²) in [5, 5.41) is 1.35. The molecule has 1 fully saturated rings. The van der Waals surface area contributed by atoms with Crippen LogP contribution < -0.4 is 4.90 Å². The van der Waals surface area contributed by atoms with E-state index < -0.39 is 0 Å². The Labute approximate surface area is 182 Å². The molecule has 28 heavy (non-hydrogen) atoms. The summed E-state index contributed by atoms with van der Waals surface area (Å²) in [4.78, 5) is 17.1. The van der Waals surface area contributed by atoms with Crippen LogP contribution in [0.25, 0.3) is 10.2 Å². The first kappa shape index (κ1) is 21.3. The molecule has 0 unspecified atom stereocenters. The zero-order chi connectivity index (χ0) is 17.3. The predicted octanol–water partition coefficient (Wildman–Crippen LogP) is 4.74. The first-order valence-corrected chi connectivity index (χ1v) is 10.5. The Morgan fingerprint density at radius 2 is 1.64 bits per heavy atom. The average molecular weight is 437 g/mol. The van der Waals surface area contributed by atoms with Gasteiger partial charge in [-0.25, -0.2) is 9.97 Å². The lowest BCUT2D eigenvalue weighted by atomic mass is 9.97. The quantitative estimate of drug-likeness (QED) is 0.593. The summed E-state index contributed by atoms with van der Waals surface area (Å²) < 4.78 is 0. The van der Waals surface area contributed by atoms with E-state index in [4.69, 9.17) is 4.98 Å². The maximum absolute atomic E-state index is 4.72. The zero-order valence-electron chi connectivity index (χ0n) is 15.8. The minimum atomic E-state index is 0. The molecule has 0 amide bonds. The average Bonchev–Trinajstić information content (AvgIpc) is 3.08. The number of fused-ring (bicyclic) bond motifs is 3. The lowest BCUT2D eigenvalue weighted by molar-refractivity contribution is 0.249. The fourth-order valence-corrected chi connectivity index (χ4v) is 5.50. The molecule has 1 saturated heterocycles. The summed E-state index contributed by atoms with van der Waals surface area (Å²) in [6.07, 6.45) is 6.80. The Balaban J connectivity index is 0.00000112. The maximum Gasteiger partial charge on any atom is 0.141 e. The van der Waals surface area contributed by atoms with Gasteiger partial charge in [0.05, 0.1) is 5.39 Å². The minimum Gasteiger partial charge on any atom is -0.353 e. The van der Waals surface area contributed by atoms with Crippen LogP contribution in [0.3, 0.4) is 0 Å². The number of halogens is 2. The van der Waals surface area contributed by atoms with Crippen molar-refractivity contribution in [2.24, 2.45) is 0 Å². The molecule has 7 heteroatoms. The molecule has 1 aromatic carbocycles. The molecule has 0 atom stereocenters. The molecule has 3 heterocycles. The molecule has 2 aromatic heterocycles. The van der Waals surface area contributed by atoms with Gasteiger partial charge in [0, 0.05) is 37.6 Å². The summed E-state index contributed by atoms with van der Waals surface area (Å²) in [6.45, 7) is 5.31. The molecule has 0 spiro atoms. The van der Waals surface area contributed by atoms with Gasteiger partial charge in [-0.15, -0.1) is 36.2 Å². The van der Waals surface area contributed by atoms with Crippen LogP contribution in [-0.4, -0.2) is 41.0 Å². The lowest BCUT2D eigenvalue weighted by Gasteiger charge is -2.35. The fraction of sp³-hybridized carbons (Fsp3) is 0.429. The highest BCUT2D eigenvalue weighted by Gasteiger charge is 2.24. The van der Waals surface area contributed by atoms with Gasteiger partial charge in [-0.2, -0.15) is 0 Å². The van der Waals surface area contributed by atoms with Crippen molar-refractivity contribution in [2.75, 3.05) is 31.1 Å². The summed E-state index contributed by atoms with van der Waals surface area (Å²) in [5.74, 6) is 1.17. The molecule has 0 bridgehead atoms. The van der Waals surface area contributed by atoms with Crippen molar-refractivity contribution >= 4 is 52.2 Å². The van der Waals surface area contributed by atoms with Gasteiger partial charge >= 0.3 is 0 Å². The Bertz CT molecular complexity index is 907. The number of hydrogen-bond donors (Lipinski definition) is 0. The van der Waals surface area contributed by atoms with Crippen molar-refractivity contribution < 1.29 is 0 Å². The van der Waals surface area contributed by atoms with Gasteiger partial charge in [0.1, 0.15) is 17.0 Å². The normalized spacial score (nSPS) is 16.9. The number of anilines is 1. The van der Waals surface area contributed by atoms with Gasteiger partial charge in [0.15, 0.2) is 0 Å². The number of hydrogen-bond acceptors (Lipinski definition) is 5. The van der Waals surface area contributed by atoms with Crippen molar-refractivity contribution in [3.05, 3.63) is 52.7 Å². The van der Waals surface area contributed by atoms with Crippen LogP contribution in [0.1, 0.15) is 28.8 Å². The molecule has 2 aliphatic rings. The fourth-order valence-electron chi connectivity index (χ4n) is 4.27. The highest BCUT2D eigenvalue weighted by Crippen LogP contribution is 2.39. The van der Waals surface area contributed by atoms with Crippen molar-refractivity contribution in [1.82, 2.24) is 14.9 Å². The third kappa shape index (κ3) is 4.13. The molecule has 1 aliphatic carbocycles. The molecule has 5 rings (SSSR count). The van der Waals surface area contributed by atoms with Crippen LogP contribution in [-0.2, 0) is 19.4 Å².